The molecule has 0 aromatic rings. The molecule has 0 aliphatic carbocycles. The smallest absolute Gasteiger partial charge is 0.391 e. The molecule has 0 saturated heterocycles. The van der Waals surface area contributed by atoms with Crippen LogP contribution in [0.5, 0.6) is 0 Å². The van der Waals surface area contributed by atoms with E-state index in [4.69, 9.17) is 9.05 Å². The third kappa shape index (κ3) is 29.9. The van der Waals surface area contributed by atoms with Gasteiger partial charge in [-0.1, -0.05) is 142 Å². The predicted molar refractivity (Wildman–Crippen MR) is 180 cm³/mol. The molecular formula is C34H72N2O6P+. The molecule has 8 nitrogen and oxygen atoms in total. The van der Waals surface area contributed by atoms with Gasteiger partial charge < -0.3 is 19.8 Å². The van der Waals surface area contributed by atoms with Crippen LogP contribution in [0.4, 0.5) is 0 Å². The maximum Gasteiger partial charge on any atom is 0.472 e. The number of hydrogen-bond donors (Lipinski definition) is 3. The van der Waals surface area contributed by atoms with Crippen LogP contribution in [0.2, 0.25) is 0 Å². The Balaban J connectivity index is 4.51. The highest BCUT2D eigenvalue weighted by Gasteiger charge is 2.28. The molecule has 1 unspecified atom stereocenters. The SMILES string of the molecule is CCCCCCCCCCCCC[C@@H](O)[C@H](COP(=O)(O)OCC[N+](C)(C)C)NC(=O)CCCCCCCCCCCC. The van der Waals surface area contributed by atoms with E-state index < -0.39 is 20.0 Å². The lowest BCUT2D eigenvalue weighted by Gasteiger charge is -2.26. The number of unbranched alkanes of at least 4 members (excludes halogenated alkanes) is 19. The van der Waals surface area contributed by atoms with E-state index >= 15 is 0 Å². The summed E-state index contributed by atoms with van der Waals surface area (Å²) in [5, 5.41) is 13.8. The Morgan fingerprint density at radius 1 is 0.698 bits per heavy atom. The molecule has 0 heterocycles. The average Bonchev–Trinajstić information content (AvgIpc) is 2.94. The molecule has 0 saturated carbocycles. The molecule has 0 aromatic heterocycles. The number of rotatable bonds is 32. The molecule has 3 atom stereocenters. The van der Waals surface area contributed by atoms with Crippen molar-refractivity contribution in [2.45, 2.75) is 174 Å². The summed E-state index contributed by atoms with van der Waals surface area (Å²) in [7, 11) is 1.62. The molecule has 1 amide bonds. The van der Waals surface area contributed by atoms with E-state index in [-0.39, 0.29) is 19.1 Å². The third-order valence-electron chi connectivity index (χ3n) is 8.11. The van der Waals surface area contributed by atoms with E-state index in [0.717, 1.165) is 38.5 Å². The number of nitrogens with one attached hydrogen (secondary N) is 1. The highest BCUT2D eigenvalue weighted by Crippen LogP contribution is 2.43. The zero-order chi connectivity index (χ0) is 32.2. The molecule has 0 fully saturated rings. The Hall–Kier alpha value is -0.500. The second kappa shape index (κ2) is 27.8. The quantitative estimate of drug-likeness (QED) is 0.0388. The lowest BCUT2D eigenvalue weighted by molar-refractivity contribution is -0.870. The highest BCUT2D eigenvalue weighted by molar-refractivity contribution is 7.47. The van der Waals surface area contributed by atoms with Gasteiger partial charge in [0, 0.05) is 6.42 Å². The fourth-order valence-electron chi connectivity index (χ4n) is 5.16. The summed E-state index contributed by atoms with van der Waals surface area (Å²) in [5.41, 5.74) is 0. The molecule has 0 bridgehead atoms. The molecule has 0 rings (SSSR count). The predicted octanol–water partition coefficient (Wildman–Crippen LogP) is 8.68. The van der Waals surface area contributed by atoms with Gasteiger partial charge in [0.05, 0.1) is 39.9 Å². The first kappa shape index (κ1) is 42.5. The number of phosphoric acid groups is 1. The van der Waals surface area contributed by atoms with E-state index in [9.17, 15) is 19.4 Å². The van der Waals surface area contributed by atoms with Gasteiger partial charge in [-0.2, -0.15) is 0 Å². The van der Waals surface area contributed by atoms with Gasteiger partial charge in [-0.15, -0.1) is 0 Å². The van der Waals surface area contributed by atoms with Crippen LogP contribution in [-0.2, 0) is 18.4 Å². The number of nitrogens with zero attached hydrogens (tertiary/aromatic N) is 1. The molecule has 0 aliphatic rings. The summed E-state index contributed by atoms with van der Waals surface area (Å²) in [6.07, 6.45) is 25.5. The maximum absolute atomic E-state index is 12.7. The molecule has 3 N–H and O–H groups in total. The molecule has 0 radical (unpaired) electrons. The number of carbonyl (C=O) groups excluding carboxylic acids is 1. The maximum atomic E-state index is 12.7. The van der Waals surface area contributed by atoms with Gasteiger partial charge in [0.2, 0.25) is 5.91 Å². The van der Waals surface area contributed by atoms with Crippen LogP contribution < -0.4 is 5.32 Å². The Labute approximate surface area is 266 Å². The van der Waals surface area contributed by atoms with Crippen LogP contribution in [0.25, 0.3) is 0 Å². The Kier molecular flexibility index (Phi) is 27.5. The number of carbonyl (C=O) groups is 1. The molecule has 0 spiro atoms. The van der Waals surface area contributed by atoms with Crippen molar-refractivity contribution in [1.29, 1.82) is 0 Å². The zero-order valence-electron chi connectivity index (χ0n) is 29.0. The lowest BCUT2D eigenvalue weighted by atomic mass is 10.0. The van der Waals surface area contributed by atoms with Crippen LogP contribution in [0.3, 0.4) is 0 Å². The lowest BCUT2D eigenvalue weighted by Crippen LogP contribution is -2.46. The first-order valence-corrected chi connectivity index (χ1v) is 19.4. The fourth-order valence-corrected chi connectivity index (χ4v) is 5.90. The molecule has 9 heteroatoms. The summed E-state index contributed by atoms with van der Waals surface area (Å²) in [4.78, 5) is 22.9. The van der Waals surface area contributed by atoms with Gasteiger partial charge in [0.1, 0.15) is 13.2 Å². The highest BCUT2D eigenvalue weighted by atomic mass is 31.2. The minimum Gasteiger partial charge on any atom is -0.391 e. The average molecular weight is 636 g/mol. The number of phosphoric ester groups is 1. The molecule has 0 aliphatic heterocycles. The van der Waals surface area contributed by atoms with E-state index in [1.165, 1.54) is 96.3 Å². The van der Waals surface area contributed by atoms with Gasteiger partial charge in [-0.05, 0) is 12.8 Å². The van der Waals surface area contributed by atoms with Gasteiger partial charge in [-0.3, -0.25) is 13.8 Å². The molecular weight excluding hydrogens is 563 g/mol. The van der Waals surface area contributed by atoms with E-state index in [0.29, 0.717) is 23.9 Å². The van der Waals surface area contributed by atoms with Gasteiger partial charge in [0.25, 0.3) is 0 Å². The van der Waals surface area contributed by atoms with Gasteiger partial charge >= 0.3 is 7.82 Å². The number of aliphatic hydroxyl groups is 1. The van der Waals surface area contributed by atoms with Gasteiger partial charge in [-0.25, -0.2) is 4.57 Å². The number of amides is 1. The summed E-state index contributed by atoms with van der Waals surface area (Å²) >= 11 is 0. The fraction of sp³-hybridized carbons (Fsp3) is 0.971. The molecule has 0 aromatic carbocycles. The van der Waals surface area contributed by atoms with Crippen molar-refractivity contribution in [3.05, 3.63) is 0 Å². The van der Waals surface area contributed by atoms with Crippen molar-refractivity contribution >= 4 is 13.7 Å². The number of aliphatic hydroxyl groups excluding tert-OH is 1. The second-order valence-electron chi connectivity index (χ2n) is 13.6. The van der Waals surface area contributed by atoms with Crippen LogP contribution in [0.1, 0.15) is 162 Å². The van der Waals surface area contributed by atoms with Crippen molar-refractivity contribution < 1.29 is 32.9 Å². The first-order valence-electron chi connectivity index (χ1n) is 17.9. The number of likely N-dealkylation sites (N-methyl/N-ethyl adjacent to an activating group) is 1. The molecule has 258 valence electrons. The minimum atomic E-state index is -4.29. The molecule has 43 heavy (non-hydrogen) atoms. The first-order chi connectivity index (χ1) is 20.5. The number of hydrogen-bond acceptors (Lipinski definition) is 5. The summed E-state index contributed by atoms with van der Waals surface area (Å²) < 4.78 is 23.4. The van der Waals surface area contributed by atoms with Crippen molar-refractivity contribution in [3.8, 4) is 0 Å². The monoisotopic (exact) mass is 636 g/mol. The van der Waals surface area contributed by atoms with Crippen molar-refractivity contribution in [2.24, 2.45) is 0 Å². The van der Waals surface area contributed by atoms with Crippen molar-refractivity contribution in [1.82, 2.24) is 5.32 Å². The van der Waals surface area contributed by atoms with E-state index in [2.05, 4.69) is 19.2 Å². The topological polar surface area (TPSA) is 105 Å². The Morgan fingerprint density at radius 3 is 1.56 bits per heavy atom. The van der Waals surface area contributed by atoms with Crippen LogP contribution in [-0.4, -0.2) is 73.4 Å². The van der Waals surface area contributed by atoms with Crippen molar-refractivity contribution in [2.75, 3.05) is 40.9 Å². The normalized spacial score (nSPS) is 14.9. The van der Waals surface area contributed by atoms with Gasteiger partial charge in [0.15, 0.2) is 0 Å². The van der Waals surface area contributed by atoms with E-state index in [1.54, 1.807) is 0 Å². The van der Waals surface area contributed by atoms with Crippen LogP contribution in [0.15, 0.2) is 0 Å². The summed E-state index contributed by atoms with van der Waals surface area (Å²) in [6.45, 7) is 4.84. The standard InChI is InChI=1S/C34H71N2O6P/c1-6-8-10-12-14-16-18-19-21-23-25-27-33(37)32(31-42-43(39,40)41-30-29-36(3,4)5)35-34(38)28-26-24-22-20-17-15-13-11-9-7-2/h32-33,37H,6-31H2,1-5H3,(H-,35,38,39,40)/p+1/t32-,33+/m0/s1. The third-order valence-corrected chi connectivity index (χ3v) is 9.09. The van der Waals surface area contributed by atoms with Crippen molar-refractivity contribution in [3.63, 3.8) is 0 Å². The number of quaternary nitrogens is 1. The largest absolute Gasteiger partial charge is 0.472 e. The van der Waals surface area contributed by atoms with E-state index in [1.807, 2.05) is 21.1 Å². The minimum absolute atomic E-state index is 0.0777. The summed E-state index contributed by atoms with van der Waals surface area (Å²) in [5.74, 6) is -0.148. The van der Waals surface area contributed by atoms with Crippen LogP contribution in [0, 0.1) is 0 Å². The summed E-state index contributed by atoms with van der Waals surface area (Å²) in [6, 6.07) is -0.749. The Bertz CT molecular complexity index is 688. The Morgan fingerprint density at radius 2 is 1.12 bits per heavy atom. The van der Waals surface area contributed by atoms with Crippen LogP contribution >= 0.6 is 7.82 Å². The second-order valence-corrected chi connectivity index (χ2v) is 15.1. The zero-order valence-corrected chi connectivity index (χ0v) is 29.9.